The van der Waals surface area contributed by atoms with Crippen molar-refractivity contribution in [2.75, 3.05) is 31.1 Å². The summed E-state index contributed by atoms with van der Waals surface area (Å²) in [5.74, 6) is 3.19. The second-order valence-electron chi connectivity index (χ2n) is 8.69. The summed E-state index contributed by atoms with van der Waals surface area (Å²) in [4.78, 5) is 29.8. The lowest BCUT2D eigenvalue weighted by Gasteiger charge is -2.36. The molecule has 0 aromatic carbocycles. The minimum absolute atomic E-state index is 0.318. The predicted molar refractivity (Wildman–Crippen MR) is 114 cm³/mol. The number of hydrogen-bond acceptors (Lipinski definition) is 5. The lowest BCUT2D eigenvalue weighted by molar-refractivity contribution is -0.132. The fraction of sp³-hybridized carbons (Fsp3) is 0.682. The number of fused-ring (bicyclic) bond motifs is 3. The van der Waals surface area contributed by atoms with Crippen molar-refractivity contribution in [1.82, 2.24) is 14.9 Å². The van der Waals surface area contributed by atoms with Gasteiger partial charge in [0.2, 0.25) is 5.91 Å². The van der Waals surface area contributed by atoms with E-state index in [4.69, 9.17) is 9.97 Å². The van der Waals surface area contributed by atoms with Gasteiger partial charge in [-0.1, -0.05) is 13.8 Å². The Kier molecular flexibility index (Phi) is 4.77. The molecule has 2 aromatic heterocycles. The van der Waals surface area contributed by atoms with Crippen molar-refractivity contribution in [2.24, 2.45) is 5.92 Å². The van der Waals surface area contributed by atoms with Gasteiger partial charge < -0.3 is 9.80 Å². The second-order valence-corrected chi connectivity index (χ2v) is 9.78. The Morgan fingerprint density at radius 3 is 2.61 bits per heavy atom. The summed E-state index contributed by atoms with van der Waals surface area (Å²) in [7, 11) is 0. The van der Waals surface area contributed by atoms with Gasteiger partial charge in [0.1, 0.15) is 16.5 Å². The molecule has 6 heteroatoms. The van der Waals surface area contributed by atoms with Crippen molar-refractivity contribution in [1.29, 1.82) is 0 Å². The van der Waals surface area contributed by atoms with Crippen LogP contribution in [0, 0.1) is 5.92 Å². The van der Waals surface area contributed by atoms with Crippen LogP contribution < -0.4 is 4.90 Å². The number of carbonyl (C=O) groups is 1. The Hall–Kier alpha value is -1.69. The van der Waals surface area contributed by atoms with Crippen LogP contribution >= 0.6 is 11.3 Å². The van der Waals surface area contributed by atoms with E-state index in [0.29, 0.717) is 17.7 Å². The van der Waals surface area contributed by atoms with Gasteiger partial charge in [0, 0.05) is 42.9 Å². The quantitative estimate of drug-likeness (QED) is 0.777. The van der Waals surface area contributed by atoms with Gasteiger partial charge in [-0.25, -0.2) is 9.97 Å². The average Bonchev–Trinajstić information content (AvgIpc) is 3.52. The number of carbonyl (C=O) groups excluding carboxylic acids is 1. The maximum Gasteiger partial charge on any atom is 0.225 e. The highest BCUT2D eigenvalue weighted by Gasteiger charge is 2.35. The van der Waals surface area contributed by atoms with Gasteiger partial charge in [0.25, 0.3) is 0 Å². The van der Waals surface area contributed by atoms with E-state index in [1.165, 1.54) is 39.9 Å². The number of anilines is 1. The van der Waals surface area contributed by atoms with Crippen LogP contribution in [0.25, 0.3) is 10.2 Å². The molecule has 1 saturated heterocycles. The third-order valence-electron chi connectivity index (χ3n) is 6.68. The van der Waals surface area contributed by atoms with Crippen LogP contribution in [-0.2, 0) is 17.6 Å². The molecule has 3 aliphatic rings. The number of thiophene rings is 1. The molecule has 28 heavy (non-hydrogen) atoms. The van der Waals surface area contributed by atoms with E-state index in [1.54, 1.807) is 0 Å². The molecule has 0 bridgehead atoms. The molecule has 1 saturated carbocycles. The van der Waals surface area contributed by atoms with Gasteiger partial charge in [-0.05, 0) is 50.5 Å². The Balaban J connectivity index is 1.50. The highest BCUT2D eigenvalue weighted by atomic mass is 32.1. The third-order valence-corrected chi connectivity index (χ3v) is 7.87. The van der Waals surface area contributed by atoms with Crippen molar-refractivity contribution in [3.8, 4) is 0 Å². The molecule has 0 N–H and O–H groups in total. The SMILES string of the molecule is CCC(C)c1nc(N2CCN(C(=O)C3CC3)CC2)c2c3c(sc2n1)CCCC3. The lowest BCUT2D eigenvalue weighted by atomic mass is 9.96. The maximum absolute atomic E-state index is 12.4. The topological polar surface area (TPSA) is 49.3 Å². The second kappa shape index (κ2) is 7.29. The molecule has 1 amide bonds. The molecule has 5 rings (SSSR count). The first-order valence-corrected chi connectivity index (χ1v) is 11.8. The molecule has 2 aliphatic carbocycles. The summed E-state index contributed by atoms with van der Waals surface area (Å²) in [6.07, 6.45) is 8.15. The van der Waals surface area contributed by atoms with E-state index < -0.39 is 0 Å². The summed E-state index contributed by atoms with van der Waals surface area (Å²) < 4.78 is 0. The molecule has 2 fully saturated rings. The number of piperazine rings is 1. The summed E-state index contributed by atoms with van der Waals surface area (Å²) in [6, 6.07) is 0. The Morgan fingerprint density at radius 2 is 1.89 bits per heavy atom. The molecule has 3 heterocycles. The molecule has 0 spiro atoms. The number of aryl methyl sites for hydroxylation is 2. The molecule has 2 aromatic rings. The van der Waals surface area contributed by atoms with E-state index in [1.807, 2.05) is 11.3 Å². The first kappa shape index (κ1) is 18.3. The minimum Gasteiger partial charge on any atom is -0.352 e. The number of rotatable bonds is 4. The number of aromatic nitrogens is 2. The van der Waals surface area contributed by atoms with Crippen molar-refractivity contribution in [3.05, 3.63) is 16.3 Å². The van der Waals surface area contributed by atoms with Gasteiger partial charge >= 0.3 is 0 Å². The minimum atomic E-state index is 0.318. The number of amides is 1. The Labute approximate surface area is 171 Å². The van der Waals surface area contributed by atoms with Crippen LogP contribution in [0.15, 0.2) is 0 Å². The third kappa shape index (κ3) is 3.19. The fourth-order valence-corrected chi connectivity index (χ4v) is 5.78. The van der Waals surface area contributed by atoms with E-state index in [9.17, 15) is 4.79 Å². The number of nitrogens with zero attached hydrogens (tertiary/aromatic N) is 4. The van der Waals surface area contributed by atoms with Crippen LogP contribution in [0.1, 0.15) is 68.1 Å². The maximum atomic E-state index is 12.4. The Bertz CT molecular complexity index is 896. The molecule has 5 nitrogen and oxygen atoms in total. The lowest BCUT2D eigenvalue weighted by Crippen LogP contribution is -2.49. The standard InChI is InChI=1S/C22H30N4OS/c1-3-14(2)19-23-20(18-16-6-4-5-7-17(16)28-21(18)24-19)25-10-12-26(13-11-25)22(27)15-8-9-15/h14-15H,3-13H2,1-2H3. The van der Waals surface area contributed by atoms with Gasteiger partial charge in [-0.3, -0.25) is 4.79 Å². The zero-order chi connectivity index (χ0) is 19.3. The summed E-state index contributed by atoms with van der Waals surface area (Å²) in [6.45, 7) is 7.85. The van der Waals surface area contributed by atoms with Crippen LogP contribution in [0.3, 0.4) is 0 Å². The first-order chi connectivity index (χ1) is 13.7. The normalized spacial score (nSPS) is 21.1. The van der Waals surface area contributed by atoms with Gasteiger partial charge in [-0.2, -0.15) is 0 Å². The van der Waals surface area contributed by atoms with Crippen LogP contribution in [0.4, 0.5) is 5.82 Å². The molecule has 0 radical (unpaired) electrons. The number of hydrogen-bond donors (Lipinski definition) is 0. The van der Waals surface area contributed by atoms with Crippen LogP contribution in [0.5, 0.6) is 0 Å². The van der Waals surface area contributed by atoms with Crippen molar-refractivity contribution in [2.45, 2.75) is 64.7 Å². The molecule has 1 atom stereocenters. The summed E-state index contributed by atoms with van der Waals surface area (Å²) in [5.41, 5.74) is 1.51. The van der Waals surface area contributed by atoms with E-state index in [-0.39, 0.29) is 0 Å². The van der Waals surface area contributed by atoms with Crippen molar-refractivity contribution < 1.29 is 4.79 Å². The fourth-order valence-electron chi connectivity index (χ4n) is 4.51. The molecular weight excluding hydrogens is 368 g/mol. The van der Waals surface area contributed by atoms with Gasteiger partial charge in [-0.15, -0.1) is 11.3 Å². The van der Waals surface area contributed by atoms with Crippen molar-refractivity contribution in [3.63, 3.8) is 0 Å². The van der Waals surface area contributed by atoms with Crippen LogP contribution in [0.2, 0.25) is 0 Å². The van der Waals surface area contributed by atoms with Crippen molar-refractivity contribution >= 4 is 33.3 Å². The average molecular weight is 399 g/mol. The largest absolute Gasteiger partial charge is 0.352 e. The summed E-state index contributed by atoms with van der Waals surface area (Å²) in [5, 5.41) is 1.31. The predicted octanol–water partition coefficient (Wildman–Crippen LogP) is 4.14. The molecular formula is C22H30N4OS. The first-order valence-electron chi connectivity index (χ1n) is 11.0. The highest BCUT2D eigenvalue weighted by molar-refractivity contribution is 7.19. The van der Waals surface area contributed by atoms with Gasteiger partial charge in [0.05, 0.1) is 5.39 Å². The smallest absolute Gasteiger partial charge is 0.225 e. The zero-order valence-corrected chi connectivity index (χ0v) is 17.9. The molecule has 150 valence electrons. The van der Waals surface area contributed by atoms with Crippen LogP contribution in [-0.4, -0.2) is 47.0 Å². The van der Waals surface area contributed by atoms with E-state index >= 15 is 0 Å². The molecule has 1 unspecified atom stereocenters. The zero-order valence-electron chi connectivity index (χ0n) is 17.0. The highest BCUT2D eigenvalue weighted by Crippen LogP contribution is 2.41. The monoisotopic (exact) mass is 398 g/mol. The summed E-state index contributed by atoms with van der Waals surface area (Å²) >= 11 is 1.90. The van der Waals surface area contributed by atoms with E-state index in [0.717, 1.165) is 63.5 Å². The van der Waals surface area contributed by atoms with E-state index in [2.05, 4.69) is 23.6 Å². The Morgan fingerprint density at radius 1 is 1.14 bits per heavy atom. The molecule has 1 aliphatic heterocycles. The van der Waals surface area contributed by atoms with Gasteiger partial charge in [0.15, 0.2) is 0 Å².